The second-order valence-electron chi connectivity index (χ2n) is 10.1. The van der Waals surface area contributed by atoms with Crippen LogP contribution in [0.15, 0.2) is 41.3 Å². The number of phenols is 1. The molecule has 2 aliphatic heterocycles. The Kier molecular flexibility index (Phi) is 5.70. The highest BCUT2D eigenvalue weighted by atomic mass is 19.1. The SMILES string of the molecule is Cn1c(F)cc(-c2ccc(-c3cnc(N(C4CC4)[C@H]4C[C@@H]5CCC[C@H](N5)[C@H]4F)nn3)c(O)c2)cc1=O. The summed E-state index contributed by atoms with van der Waals surface area (Å²) in [6.45, 7) is 0. The monoisotopic (exact) mass is 494 g/mol. The molecule has 8 nitrogen and oxygen atoms in total. The Morgan fingerprint density at radius 1 is 1.11 bits per heavy atom. The highest BCUT2D eigenvalue weighted by molar-refractivity contribution is 5.73. The van der Waals surface area contributed by atoms with Crippen molar-refractivity contribution in [1.82, 2.24) is 25.1 Å². The number of nitrogens with zero attached hydrogens (tertiary/aromatic N) is 5. The van der Waals surface area contributed by atoms with E-state index in [4.69, 9.17) is 0 Å². The molecule has 0 spiro atoms. The van der Waals surface area contributed by atoms with Gasteiger partial charge in [0.25, 0.3) is 5.56 Å². The van der Waals surface area contributed by atoms with Gasteiger partial charge in [0.15, 0.2) is 5.95 Å². The predicted molar refractivity (Wildman–Crippen MR) is 131 cm³/mol. The molecule has 188 valence electrons. The van der Waals surface area contributed by atoms with E-state index in [1.807, 2.05) is 4.90 Å². The fourth-order valence-corrected chi connectivity index (χ4v) is 5.59. The van der Waals surface area contributed by atoms with E-state index in [1.54, 1.807) is 18.3 Å². The Hall–Kier alpha value is -3.40. The van der Waals surface area contributed by atoms with Crippen molar-refractivity contribution in [2.24, 2.45) is 7.05 Å². The minimum atomic E-state index is -0.985. The van der Waals surface area contributed by atoms with Crippen molar-refractivity contribution in [2.75, 3.05) is 4.90 Å². The number of aromatic nitrogens is 4. The summed E-state index contributed by atoms with van der Waals surface area (Å²) in [5.74, 6) is -0.341. The van der Waals surface area contributed by atoms with Gasteiger partial charge in [-0.25, -0.2) is 9.37 Å². The van der Waals surface area contributed by atoms with Crippen molar-refractivity contribution in [3.8, 4) is 28.1 Å². The normalized spacial score (nSPS) is 25.5. The van der Waals surface area contributed by atoms with E-state index < -0.39 is 17.7 Å². The fraction of sp³-hybridized carbons (Fsp3) is 0.462. The molecule has 2 aromatic heterocycles. The number of halogens is 2. The van der Waals surface area contributed by atoms with Crippen LogP contribution < -0.4 is 15.8 Å². The molecule has 36 heavy (non-hydrogen) atoms. The molecule has 1 saturated carbocycles. The number of hydrogen-bond acceptors (Lipinski definition) is 7. The third-order valence-electron chi connectivity index (χ3n) is 7.69. The summed E-state index contributed by atoms with van der Waals surface area (Å²) < 4.78 is 30.3. The van der Waals surface area contributed by atoms with Gasteiger partial charge in [0.05, 0.1) is 12.2 Å². The zero-order valence-corrected chi connectivity index (χ0v) is 19.9. The van der Waals surface area contributed by atoms with Crippen LogP contribution in [0.2, 0.25) is 0 Å². The quantitative estimate of drug-likeness (QED) is 0.525. The molecule has 3 fully saturated rings. The van der Waals surface area contributed by atoms with E-state index in [0.717, 1.165) is 43.1 Å². The molecule has 3 aromatic rings. The lowest BCUT2D eigenvalue weighted by Gasteiger charge is -2.46. The Bertz CT molecular complexity index is 1340. The summed E-state index contributed by atoms with van der Waals surface area (Å²) in [4.78, 5) is 18.5. The van der Waals surface area contributed by atoms with E-state index in [-0.39, 0.29) is 23.9 Å². The topological polar surface area (TPSA) is 96.2 Å². The summed E-state index contributed by atoms with van der Waals surface area (Å²) in [7, 11) is 1.35. The molecule has 3 aliphatic rings. The number of rotatable bonds is 5. The van der Waals surface area contributed by atoms with Crippen LogP contribution in [0, 0.1) is 5.95 Å². The summed E-state index contributed by atoms with van der Waals surface area (Å²) in [6.07, 6.45) is 6.24. The van der Waals surface area contributed by atoms with Gasteiger partial charge in [0.2, 0.25) is 5.95 Å². The number of fused-ring (bicyclic) bond motifs is 2. The van der Waals surface area contributed by atoms with E-state index in [9.17, 15) is 14.3 Å². The van der Waals surface area contributed by atoms with Gasteiger partial charge in [0, 0.05) is 36.8 Å². The molecule has 0 amide bonds. The van der Waals surface area contributed by atoms with Crippen LogP contribution in [0.25, 0.3) is 22.4 Å². The molecule has 2 bridgehead atoms. The zero-order chi connectivity index (χ0) is 25.0. The largest absolute Gasteiger partial charge is 0.507 e. The average molecular weight is 495 g/mol. The summed E-state index contributed by atoms with van der Waals surface area (Å²) in [6, 6.07) is 7.48. The molecule has 0 radical (unpaired) electrons. The third kappa shape index (κ3) is 4.13. The maximum atomic E-state index is 15.4. The van der Waals surface area contributed by atoms with E-state index in [1.165, 1.54) is 25.2 Å². The number of hydrogen-bond donors (Lipinski definition) is 2. The zero-order valence-electron chi connectivity index (χ0n) is 19.9. The van der Waals surface area contributed by atoms with Crippen LogP contribution in [-0.2, 0) is 7.05 Å². The van der Waals surface area contributed by atoms with Crippen molar-refractivity contribution in [2.45, 2.75) is 68.9 Å². The summed E-state index contributed by atoms with van der Waals surface area (Å²) >= 11 is 0. The summed E-state index contributed by atoms with van der Waals surface area (Å²) in [5, 5.41) is 22.8. The van der Waals surface area contributed by atoms with Crippen molar-refractivity contribution in [1.29, 1.82) is 0 Å². The third-order valence-corrected chi connectivity index (χ3v) is 7.69. The molecule has 6 rings (SSSR count). The number of alkyl halides is 1. The van der Waals surface area contributed by atoms with Gasteiger partial charge in [-0.15, -0.1) is 10.2 Å². The van der Waals surface area contributed by atoms with Gasteiger partial charge in [-0.1, -0.05) is 12.5 Å². The van der Waals surface area contributed by atoms with Crippen LogP contribution in [0.3, 0.4) is 0 Å². The first-order valence-corrected chi connectivity index (χ1v) is 12.5. The van der Waals surface area contributed by atoms with Crippen LogP contribution in [-0.4, -0.2) is 55.2 Å². The van der Waals surface area contributed by atoms with Crippen molar-refractivity contribution in [3.63, 3.8) is 0 Å². The molecule has 4 heterocycles. The Morgan fingerprint density at radius 3 is 2.64 bits per heavy atom. The smallest absolute Gasteiger partial charge is 0.253 e. The van der Waals surface area contributed by atoms with Gasteiger partial charge in [-0.2, -0.15) is 4.39 Å². The predicted octanol–water partition coefficient (Wildman–Crippen LogP) is 3.34. The van der Waals surface area contributed by atoms with Crippen LogP contribution in [0.1, 0.15) is 38.5 Å². The lowest BCUT2D eigenvalue weighted by Crippen LogP contribution is -2.62. The number of benzene rings is 1. The minimum absolute atomic E-state index is 0.0912. The van der Waals surface area contributed by atoms with Gasteiger partial charge in [0.1, 0.15) is 17.6 Å². The van der Waals surface area contributed by atoms with Gasteiger partial charge < -0.3 is 15.3 Å². The number of anilines is 1. The molecule has 10 heteroatoms. The van der Waals surface area contributed by atoms with Crippen molar-refractivity contribution >= 4 is 5.95 Å². The standard InChI is InChI=1S/C26H28F2N6O2/c1-33-23(27)10-15(11-24(33)36)14-5-8-18(22(35)9-14)20-13-29-26(32-31-20)34(17-6-7-17)21-12-16-3-2-4-19(30-16)25(21)28/h5,8-11,13,16-17,19,21,25,30,35H,2-4,6-7,12H2,1H3/t16-,19-,21-,25+/m0/s1. The molecule has 4 atom stereocenters. The van der Waals surface area contributed by atoms with Gasteiger partial charge in [-0.05, 0) is 61.4 Å². The average Bonchev–Trinajstić information content (AvgIpc) is 3.71. The van der Waals surface area contributed by atoms with Crippen LogP contribution >= 0.6 is 0 Å². The number of nitrogens with one attached hydrogen (secondary N) is 1. The van der Waals surface area contributed by atoms with Gasteiger partial charge >= 0.3 is 0 Å². The molecule has 0 unspecified atom stereocenters. The van der Waals surface area contributed by atoms with Crippen molar-refractivity contribution in [3.05, 3.63) is 52.8 Å². The first-order chi connectivity index (χ1) is 17.4. The maximum Gasteiger partial charge on any atom is 0.253 e. The minimum Gasteiger partial charge on any atom is -0.507 e. The molecular formula is C26H28F2N6O2. The fourth-order valence-electron chi connectivity index (χ4n) is 5.59. The highest BCUT2D eigenvalue weighted by Gasteiger charge is 2.47. The molecule has 2 saturated heterocycles. The van der Waals surface area contributed by atoms with E-state index in [0.29, 0.717) is 34.4 Å². The number of piperidine rings is 2. The van der Waals surface area contributed by atoms with E-state index >= 15 is 4.39 Å². The van der Waals surface area contributed by atoms with Crippen LogP contribution in [0.5, 0.6) is 5.75 Å². The molecule has 1 aromatic carbocycles. The summed E-state index contributed by atoms with van der Waals surface area (Å²) in [5.41, 5.74) is 1.16. The number of pyridine rings is 1. The Balaban J connectivity index is 1.26. The van der Waals surface area contributed by atoms with E-state index in [2.05, 4.69) is 20.5 Å². The van der Waals surface area contributed by atoms with Crippen molar-refractivity contribution < 1.29 is 13.9 Å². The second kappa shape index (κ2) is 8.92. The highest BCUT2D eigenvalue weighted by Crippen LogP contribution is 2.39. The molecule has 1 aliphatic carbocycles. The Labute approximate surface area is 207 Å². The maximum absolute atomic E-state index is 15.4. The van der Waals surface area contributed by atoms with Crippen LogP contribution in [0.4, 0.5) is 14.7 Å². The second-order valence-corrected chi connectivity index (χ2v) is 10.1. The first kappa shape index (κ1) is 23.0. The lowest BCUT2D eigenvalue weighted by atomic mass is 9.82. The number of phenolic OH excluding ortho intramolecular Hbond substituents is 1. The molecular weight excluding hydrogens is 466 g/mol. The van der Waals surface area contributed by atoms with Gasteiger partial charge in [-0.3, -0.25) is 9.36 Å². The first-order valence-electron chi connectivity index (χ1n) is 12.5. The molecule has 2 N–H and O–H groups in total. The Morgan fingerprint density at radius 2 is 1.94 bits per heavy atom. The lowest BCUT2D eigenvalue weighted by molar-refractivity contribution is 0.103. The number of aromatic hydroxyl groups is 1.